The average Bonchev–Trinajstić information content (AvgIpc) is 3.40. The molecule has 1 aromatic carbocycles. The van der Waals surface area contributed by atoms with Gasteiger partial charge in [-0.1, -0.05) is 11.8 Å². The Hall–Kier alpha value is -2.54. The van der Waals surface area contributed by atoms with Crippen LogP contribution in [0.5, 0.6) is 0 Å². The lowest BCUT2D eigenvalue weighted by Gasteiger charge is -2.08. The van der Waals surface area contributed by atoms with E-state index in [1.165, 1.54) is 36.0 Å². The van der Waals surface area contributed by atoms with Gasteiger partial charge in [-0.25, -0.2) is 4.39 Å². The number of Topliss-reactive ketones (excluding diaryl/α,β-unsaturated/α-hetero) is 1. The van der Waals surface area contributed by atoms with E-state index in [0.717, 1.165) is 29.4 Å². The summed E-state index contributed by atoms with van der Waals surface area (Å²) in [5.41, 5.74) is 1.41. The topological polar surface area (TPSA) is 60.7 Å². The number of hydrogen-bond acceptors (Lipinski definition) is 5. The number of pyridine rings is 1. The van der Waals surface area contributed by atoms with E-state index in [1.54, 1.807) is 12.4 Å². The molecule has 0 radical (unpaired) electrons. The highest BCUT2D eigenvalue weighted by atomic mass is 32.2. The van der Waals surface area contributed by atoms with Crippen LogP contribution in [-0.4, -0.2) is 31.3 Å². The van der Waals surface area contributed by atoms with Gasteiger partial charge in [0, 0.05) is 29.6 Å². The highest BCUT2D eigenvalue weighted by Crippen LogP contribution is 2.41. The first-order chi connectivity index (χ1) is 12.2. The molecular weight excluding hydrogens is 339 g/mol. The van der Waals surface area contributed by atoms with E-state index < -0.39 is 0 Å². The van der Waals surface area contributed by atoms with E-state index in [2.05, 4.69) is 19.7 Å². The van der Waals surface area contributed by atoms with Crippen LogP contribution in [0.1, 0.15) is 29.2 Å². The number of benzene rings is 1. The lowest BCUT2D eigenvalue weighted by molar-refractivity contribution is 0.102. The lowest BCUT2D eigenvalue weighted by atomic mass is 10.1. The molecule has 0 bridgehead atoms. The maximum Gasteiger partial charge on any atom is 0.192 e. The molecule has 0 unspecified atom stereocenters. The van der Waals surface area contributed by atoms with Crippen LogP contribution in [0.4, 0.5) is 4.39 Å². The van der Waals surface area contributed by atoms with E-state index in [-0.39, 0.29) is 17.4 Å². The van der Waals surface area contributed by atoms with Crippen LogP contribution in [0, 0.1) is 5.82 Å². The van der Waals surface area contributed by atoms with Crippen molar-refractivity contribution in [2.24, 2.45) is 0 Å². The van der Waals surface area contributed by atoms with E-state index in [9.17, 15) is 9.18 Å². The fraction of sp³-hybridized carbons (Fsp3) is 0.222. The van der Waals surface area contributed by atoms with Crippen LogP contribution in [0.15, 0.2) is 53.9 Å². The number of aromatic nitrogens is 4. The zero-order valence-corrected chi connectivity index (χ0v) is 14.1. The van der Waals surface area contributed by atoms with Crippen LogP contribution >= 0.6 is 11.8 Å². The third-order valence-electron chi connectivity index (χ3n) is 3.99. The van der Waals surface area contributed by atoms with E-state index in [1.807, 2.05) is 12.1 Å². The number of nitrogens with zero attached hydrogens (tertiary/aromatic N) is 4. The van der Waals surface area contributed by atoms with Gasteiger partial charge in [-0.3, -0.25) is 14.3 Å². The van der Waals surface area contributed by atoms with Crippen LogP contribution in [0.2, 0.25) is 0 Å². The minimum atomic E-state index is -0.348. The van der Waals surface area contributed by atoms with Gasteiger partial charge in [0.05, 0.1) is 5.75 Å². The molecule has 126 valence electrons. The van der Waals surface area contributed by atoms with Crippen molar-refractivity contribution < 1.29 is 9.18 Å². The van der Waals surface area contributed by atoms with Gasteiger partial charge in [0.1, 0.15) is 5.82 Å². The van der Waals surface area contributed by atoms with Crippen molar-refractivity contribution in [3.8, 4) is 11.4 Å². The molecule has 25 heavy (non-hydrogen) atoms. The zero-order valence-electron chi connectivity index (χ0n) is 13.3. The minimum absolute atomic E-state index is 0.0572. The van der Waals surface area contributed by atoms with Crippen LogP contribution in [0.25, 0.3) is 11.4 Å². The van der Waals surface area contributed by atoms with Gasteiger partial charge < -0.3 is 0 Å². The van der Waals surface area contributed by atoms with Crippen LogP contribution in [0.3, 0.4) is 0 Å². The second-order valence-electron chi connectivity index (χ2n) is 5.87. The maximum atomic E-state index is 13.0. The highest BCUT2D eigenvalue weighted by molar-refractivity contribution is 7.99. The summed E-state index contributed by atoms with van der Waals surface area (Å²) in [7, 11) is 0. The Morgan fingerprint density at radius 2 is 2.00 bits per heavy atom. The summed E-state index contributed by atoms with van der Waals surface area (Å²) in [5.74, 6) is 0.619. The Morgan fingerprint density at radius 1 is 1.20 bits per heavy atom. The van der Waals surface area contributed by atoms with Gasteiger partial charge in [-0.2, -0.15) is 0 Å². The molecule has 0 saturated heterocycles. The first-order valence-corrected chi connectivity index (χ1v) is 8.98. The number of rotatable bonds is 6. The lowest BCUT2D eigenvalue weighted by Crippen LogP contribution is -2.05. The van der Waals surface area contributed by atoms with E-state index in [4.69, 9.17) is 0 Å². The summed E-state index contributed by atoms with van der Waals surface area (Å²) in [5, 5.41) is 9.30. The molecule has 1 fully saturated rings. The standard InChI is InChI=1S/C18H15FN4OS/c19-14-5-3-12(4-6-14)16(24)11-25-18-22-21-17(23(18)15-7-8-15)13-2-1-9-20-10-13/h1-6,9-10,15H,7-8,11H2. The van der Waals surface area contributed by atoms with Crippen LogP contribution < -0.4 is 0 Å². The molecule has 0 amide bonds. The van der Waals surface area contributed by atoms with Crippen molar-refractivity contribution in [2.45, 2.75) is 24.0 Å². The molecule has 4 rings (SSSR count). The second kappa shape index (κ2) is 6.76. The van der Waals surface area contributed by atoms with Gasteiger partial charge >= 0.3 is 0 Å². The summed E-state index contributed by atoms with van der Waals surface area (Å²) >= 11 is 1.36. The largest absolute Gasteiger partial charge is 0.299 e. The first-order valence-electron chi connectivity index (χ1n) is 7.99. The quantitative estimate of drug-likeness (QED) is 0.498. The van der Waals surface area contributed by atoms with Crippen molar-refractivity contribution in [1.82, 2.24) is 19.7 Å². The fourth-order valence-corrected chi connectivity index (χ4v) is 3.48. The number of carbonyl (C=O) groups excluding carboxylic acids is 1. The molecular formula is C18H15FN4OS. The number of ketones is 1. The Bertz CT molecular complexity index is 891. The van der Waals surface area contributed by atoms with Crippen molar-refractivity contribution in [3.63, 3.8) is 0 Å². The van der Waals surface area contributed by atoms with Crippen LogP contribution in [-0.2, 0) is 0 Å². The van der Waals surface area contributed by atoms with Crippen molar-refractivity contribution >= 4 is 17.5 Å². The summed E-state index contributed by atoms with van der Waals surface area (Å²) < 4.78 is 15.1. The van der Waals surface area contributed by atoms with Gasteiger partial charge in [0.15, 0.2) is 16.8 Å². The predicted molar refractivity (Wildman–Crippen MR) is 93.0 cm³/mol. The van der Waals surface area contributed by atoms with E-state index in [0.29, 0.717) is 11.6 Å². The van der Waals surface area contributed by atoms with Gasteiger partial charge in [-0.05, 0) is 49.2 Å². The molecule has 0 aliphatic heterocycles. The third kappa shape index (κ3) is 3.46. The molecule has 5 nitrogen and oxygen atoms in total. The molecule has 0 atom stereocenters. The monoisotopic (exact) mass is 354 g/mol. The molecule has 1 aliphatic carbocycles. The Balaban J connectivity index is 1.54. The molecule has 3 aromatic rings. The summed E-state index contributed by atoms with van der Waals surface area (Å²) in [6.45, 7) is 0. The number of halogens is 1. The second-order valence-corrected chi connectivity index (χ2v) is 6.81. The average molecular weight is 354 g/mol. The summed E-state index contributed by atoms with van der Waals surface area (Å²) in [6.07, 6.45) is 5.66. The maximum absolute atomic E-state index is 13.0. The van der Waals surface area contributed by atoms with Crippen molar-refractivity contribution in [2.75, 3.05) is 5.75 Å². The smallest absolute Gasteiger partial charge is 0.192 e. The predicted octanol–water partition coefficient (Wildman–Crippen LogP) is 3.79. The highest BCUT2D eigenvalue weighted by Gasteiger charge is 2.30. The van der Waals surface area contributed by atoms with Gasteiger partial charge in [-0.15, -0.1) is 10.2 Å². The molecule has 0 N–H and O–H groups in total. The zero-order chi connectivity index (χ0) is 17.2. The molecule has 1 aliphatic rings. The third-order valence-corrected chi connectivity index (χ3v) is 4.94. The molecule has 2 aromatic heterocycles. The molecule has 7 heteroatoms. The molecule has 2 heterocycles. The first kappa shape index (κ1) is 16.0. The Morgan fingerprint density at radius 3 is 2.68 bits per heavy atom. The van der Waals surface area contributed by atoms with Crippen molar-refractivity contribution in [1.29, 1.82) is 0 Å². The van der Waals surface area contributed by atoms with Crippen molar-refractivity contribution in [3.05, 3.63) is 60.2 Å². The van der Waals surface area contributed by atoms with E-state index >= 15 is 0 Å². The number of hydrogen-bond donors (Lipinski definition) is 0. The fourth-order valence-electron chi connectivity index (χ4n) is 2.58. The summed E-state index contributed by atoms with van der Waals surface area (Å²) in [6, 6.07) is 9.81. The Labute approximate surface area is 148 Å². The molecule has 1 saturated carbocycles. The molecule has 0 spiro atoms. The summed E-state index contributed by atoms with van der Waals surface area (Å²) in [4.78, 5) is 16.4. The number of thioether (sulfide) groups is 1. The Kier molecular flexibility index (Phi) is 4.31. The van der Waals surface area contributed by atoms with Gasteiger partial charge in [0.2, 0.25) is 0 Å². The normalized spacial score (nSPS) is 13.8. The van der Waals surface area contributed by atoms with Gasteiger partial charge in [0.25, 0.3) is 0 Å². The number of carbonyl (C=O) groups is 1. The SMILES string of the molecule is O=C(CSc1nnc(-c2cccnc2)n1C1CC1)c1ccc(F)cc1. The minimum Gasteiger partial charge on any atom is -0.299 e.